The zero-order valence-corrected chi connectivity index (χ0v) is 9.48. The second-order valence-corrected chi connectivity index (χ2v) is 3.85. The second kappa shape index (κ2) is 8.05. The molecule has 0 bridgehead atoms. The largest absolute Gasteiger partial charge is 0.394 e. The minimum Gasteiger partial charge on any atom is -0.394 e. The van der Waals surface area contributed by atoms with Gasteiger partial charge in [-0.15, -0.1) is 0 Å². The summed E-state index contributed by atoms with van der Waals surface area (Å²) in [5.74, 6) is 0. The Morgan fingerprint density at radius 2 is 2.33 bits per heavy atom. The van der Waals surface area contributed by atoms with Crippen LogP contribution in [0.1, 0.15) is 26.2 Å². The van der Waals surface area contributed by atoms with Crippen molar-refractivity contribution in [3.8, 4) is 0 Å². The normalized spacial score (nSPS) is 21.6. The minimum absolute atomic E-state index is 0.0756. The summed E-state index contributed by atoms with van der Waals surface area (Å²) in [6.45, 7) is 4.72. The first-order valence-electron chi connectivity index (χ1n) is 5.78. The Hall–Kier alpha value is -0.160. The Kier molecular flexibility index (Phi) is 6.92. The third-order valence-electron chi connectivity index (χ3n) is 2.34. The van der Waals surface area contributed by atoms with Crippen molar-refractivity contribution in [1.29, 1.82) is 0 Å². The predicted octanol–water partition coefficient (Wildman–Crippen LogP) is 0.969. The fourth-order valence-electron chi connectivity index (χ4n) is 1.33. The fourth-order valence-corrected chi connectivity index (χ4v) is 1.33. The van der Waals surface area contributed by atoms with Gasteiger partial charge in [-0.2, -0.15) is 0 Å². The van der Waals surface area contributed by atoms with Crippen LogP contribution in [0, 0.1) is 0 Å². The maximum Gasteiger partial charge on any atom is 0.104 e. The van der Waals surface area contributed by atoms with E-state index in [0.717, 1.165) is 19.4 Å². The van der Waals surface area contributed by atoms with Crippen molar-refractivity contribution >= 4 is 0 Å². The van der Waals surface area contributed by atoms with Gasteiger partial charge in [-0.25, -0.2) is 0 Å². The standard InChI is InChI=1S/C11H22O4/c1-2-3-4-10(7-13-6-5-12)14-8-11-9-15-11/h10-12H,2-9H2,1H3. The molecule has 0 radical (unpaired) electrons. The van der Waals surface area contributed by atoms with Gasteiger partial charge in [-0.05, 0) is 6.42 Å². The van der Waals surface area contributed by atoms with E-state index in [2.05, 4.69) is 6.92 Å². The molecule has 0 aliphatic carbocycles. The molecule has 4 heteroatoms. The first kappa shape index (κ1) is 12.9. The Balaban J connectivity index is 2.05. The molecule has 2 atom stereocenters. The van der Waals surface area contributed by atoms with Crippen LogP contribution in [0.2, 0.25) is 0 Å². The second-order valence-electron chi connectivity index (χ2n) is 3.85. The molecule has 1 rings (SSSR count). The van der Waals surface area contributed by atoms with Gasteiger partial charge in [0.25, 0.3) is 0 Å². The number of aliphatic hydroxyl groups excluding tert-OH is 1. The Morgan fingerprint density at radius 3 is 2.93 bits per heavy atom. The zero-order valence-electron chi connectivity index (χ0n) is 9.48. The highest BCUT2D eigenvalue weighted by atomic mass is 16.6. The molecule has 1 saturated heterocycles. The summed E-state index contributed by atoms with van der Waals surface area (Å²) in [4.78, 5) is 0. The van der Waals surface area contributed by atoms with E-state index in [9.17, 15) is 0 Å². The monoisotopic (exact) mass is 218 g/mol. The van der Waals surface area contributed by atoms with Gasteiger partial charge in [-0.1, -0.05) is 19.8 Å². The van der Waals surface area contributed by atoms with Crippen LogP contribution in [0.3, 0.4) is 0 Å². The lowest BCUT2D eigenvalue weighted by Gasteiger charge is -2.17. The maximum absolute atomic E-state index is 8.60. The molecule has 4 nitrogen and oxygen atoms in total. The molecule has 2 unspecified atom stereocenters. The van der Waals surface area contributed by atoms with Crippen molar-refractivity contribution in [2.45, 2.75) is 38.4 Å². The van der Waals surface area contributed by atoms with Crippen molar-refractivity contribution in [2.75, 3.05) is 33.0 Å². The molecule has 1 heterocycles. The molecule has 0 aromatic heterocycles. The summed E-state index contributed by atoms with van der Waals surface area (Å²) in [6, 6.07) is 0. The highest BCUT2D eigenvalue weighted by molar-refractivity contribution is 4.69. The van der Waals surface area contributed by atoms with Crippen LogP contribution in [0.5, 0.6) is 0 Å². The first-order valence-corrected chi connectivity index (χ1v) is 5.78. The van der Waals surface area contributed by atoms with Gasteiger partial charge in [0, 0.05) is 0 Å². The third kappa shape index (κ3) is 6.84. The Labute approximate surface area is 91.5 Å². The van der Waals surface area contributed by atoms with Gasteiger partial charge in [0.1, 0.15) is 6.10 Å². The molecule has 0 saturated carbocycles. The number of unbranched alkanes of at least 4 members (excludes halogenated alkanes) is 1. The Morgan fingerprint density at radius 1 is 1.53 bits per heavy atom. The molecule has 0 aromatic carbocycles. The van der Waals surface area contributed by atoms with Crippen LogP contribution < -0.4 is 0 Å². The summed E-state index contributed by atoms with van der Waals surface area (Å²) >= 11 is 0. The number of rotatable bonds is 10. The van der Waals surface area contributed by atoms with Crippen LogP contribution in [-0.4, -0.2) is 50.3 Å². The topological polar surface area (TPSA) is 51.2 Å². The van der Waals surface area contributed by atoms with E-state index in [0.29, 0.717) is 25.9 Å². The number of hydrogen-bond acceptors (Lipinski definition) is 4. The van der Waals surface area contributed by atoms with E-state index >= 15 is 0 Å². The summed E-state index contributed by atoms with van der Waals surface area (Å²) in [5.41, 5.74) is 0. The number of aliphatic hydroxyl groups is 1. The third-order valence-corrected chi connectivity index (χ3v) is 2.34. The van der Waals surface area contributed by atoms with Gasteiger partial charge < -0.3 is 19.3 Å². The average Bonchev–Trinajstić information content (AvgIpc) is 3.05. The zero-order chi connectivity index (χ0) is 10.9. The average molecular weight is 218 g/mol. The van der Waals surface area contributed by atoms with Gasteiger partial charge in [0.2, 0.25) is 0 Å². The molecule has 90 valence electrons. The number of ether oxygens (including phenoxy) is 3. The van der Waals surface area contributed by atoms with E-state index in [4.69, 9.17) is 19.3 Å². The highest BCUT2D eigenvalue weighted by Gasteiger charge is 2.24. The van der Waals surface area contributed by atoms with E-state index in [1.807, 2.05) is 0 Å². The SMILES string of the molecule is CCCCC(COCCO)OCC1CO1. The molecule has 1 fully saturated rings. The lowest BCUT2D eigenvalue weighted by molar-refractivity contribution is -0.0321. The molecule has 1 aliphatic rings. The van der Waals surface area contributed by atoms with Crippen molar-refractivity contribution in [3.05, 3.63) is 0 Å². The molecule has 1 N–H and O–H groups in total. The van der Waals surface area contributed by atoms with Crippen LogP contribution in [0.25, 0.3) is 0 Å². The number of epoxide rings is 1. The maximum atomic E-state index is 8.60. The van der Waals surface area contributed by atoms with Gasteiger partial charge in [0.15, 0.2) is 0 Å². The van der Waals surface area contributed by atoms with Gasteiger partial charge in [0.05, 0.1) is 39.1 Å². The first-order chi connectivity index (χ1) is 7.36. The van der Waals surface area contributed by atoms with E-state index in [-0.39, 0.29) is 12.7 Å². The van der Waals surface area contributed by atoms with Crippen LogP contribution >= 0.6 is 0 Å². The smallest absolute Gasteiger partial charge is 0.104 e. The molecule has 0 aromatic rings. The summed E-state index contributed by atoms with van der Waals surface area (Å²) in [5, 5.41) is 8.60. The minimum atomic E-state index is 0.0756. The van der Waals surface area contributed by atoms with Crippen molar-refractivity contribution in [3.63, 3.8) is 0 Å². The van der Waals surface area contributed by atoms with E-state index in [1.54, 1.807) is 0 Å². The molecular weight excluding hydrogens is 196 g/mol. The molecule has 15 heavy (non-hydrogen) atoms. The quantitative estimate of drug-likeness (QED) is 0.438. The van der Waals surface area contributed by atoms with E-state index < -0.39 is 0 Å². The lowest BCUT2D eigenvalue weighted by Crippen LogP contribution is -2.23. The van der Waals surface area contributed by atoms with Crippen LogP contribution in [0.15, 0.2) is 0 Å². The molecule has 0 amide bonds. The molecule has 0 spiro atoms. The van der Waals surface area contributed by atoms with Crippen molar-refractivity contribution in [1.82, 2.24) is 0 Å². The lowest BCUT2D eigenvalue weighted by atomic mass is 10.2. The fraction of sp³-hybridized carbons (Fsp3) is 1.00. The van der Waals surface area contributed by atoms with Crippen molar-refractivity contribution in [2.24, 2.45) is 0 Å². The predicted molar refractivity (Wildman–Crippen MR) is 56.9 cm³/mol. The van der Waals surface area contributed by atoms with Gasteiger partial charge in [-0.3, -0.25) is 0 Å². The van der Waals surface area contributed by atoms with Crippen LogP contribution in [0.4, 0.5) is 0 Å². The highest BCUT2D eigenvalue weighted by Crippen LogP contribution is 2.12. The summed E-state index contributed by atoms with van der Waals surface area (Å²) < 4.78 is 16.0. The summed E-state index contributed by atoms with van der Waals surface area (Å²) in [6.07, 6.45) is 3.81. The van der Waals surface area contributed by atoms with Gasteiger partial charge >= 0.3 is 0 Å². The molecule has 1 aliphatic heterocycles. The number of hydrogen-bond donors (Lipinski definition) is 1. The summed E-state index contributed by atoms with van der Waals surface area (Å²) in [7, 11) is 0. The van der Waals surface area contributed by atoms with E-state index in [1.165, 1.54) is 6.42 Å². The van der Waals surface area contributed by atoms with Crippen LogP contribution in [-0.2, 0) is 14.2 Å². The van der Waals surface area contributed by atoms with Crippen molar-refractivity contribution < 1.29 is 19.3 Å². The molecular formula is C11H22O4. The Bertz CT molecular complexity index is 148.